The maximum atomic E-state index is 10.0. The van der Waals surface area contributed by atoms with E-state index in [4.69, 9.17) is 4.74 Å². The van der Waals surface area contributed by atoms with Crippen LogP contribution in [0.5, 0.6) is 5.88 Å². The fraction of sp³-hybridized carbons (Fsp3) is 0.333. The molecule has 0 aliphatic rings. The SMILES string of the molecule is CC(CNC=O)Oc1cccc(Br)n1. The Morgan fingerprint density at radius 1 is 1.71 bits per heavy atom. The standard InChI is InChI=1S/C9H11BrN2O2/c1-7(5-11-6-13)14-9-4-2-3-8(10)12-9/h2-4,6-7H,5H2,1H3,(H,11,13). The average Bonchev–Trinajstić information content (AvgIpc) is 2.15. The van der Waals surface area contributed by atoms with E-state index in [0.717, 1.165) is 4.60 Å². The molecule has 1 unspecified atom stereocenters. The Morgan fingerprint density at radius 3 is 3.14 bits per heavy atom. The van der Waals surface area contributed by atoms with E-state index in [0.29, 0.717) is 18.8 Å². The molecule has 0 fully saturated rings. The van der Waals surface area contributed by atoms with Crippen molar-refractivity contribution in [1.82, 2.24) is 10.3 Å². The minimum atomic E-state index is -0.0954. The van der Waals surface area contributed by atoms with Gasteiger partial charge in [-0.25, -0.2) is 4.98 Å². The Bertz CT molecular complexity index is 307. The van der Waals surface area contributed by atoms with Gasteiger partial charge >= 0.3 is 0 Å². The van der Waals surface area contributed by atoms with Gasteiger partial charge in [-0.2, -0.15) is 0 Å². The third-order valence-electron chi connectivity index (χ3n) is 1.50. The van der Waals surface area contributed by atoms with Gasteiger partial charge in [0.15, 0.2) is 0 Å². The van der Waals surface area contributed by atoms with E-state index >= 15 is 0 Å². The number of carbonyl (C=O) groups excluding carboxylic acids is 1. The minimum absolute atomic E-state index is 0.0954. The van der Waals surface area contributed by atoms with Crippen LogP contribution >= 0.6 is 15.9 Å². The number of hydrogen-bond donors (Lipinski definition) is 1. The first kappa shape index (κ1) is 11.0. The molecule has 14 heavy (non-hydrogen) atoms. The van der Waals surface area contributed by atoms with Crippen LogP contribution in [0.3, 0.4) is 0 Å². The number of aromatic nitrogens is 1. The molecule has 1 N–H and O–H groups in total. The number of rotatable bonds is 5. The molecule has 0 saturated carbocycles. The first-order chi connectivity index (χ1) is 6.72. The monoisotopic (exact) mass is 258 g/mol. The van der Waals surface area contributed by atoms with Gasteiger partial charge in [0.25, 0.3) is 0 Å². The Kier molecular flexibility index (Phi) is 4.39. The summed E-state index contributed by atoms with van der Waals surface area (Å²) in [7, 11) is 0. The third kappa shape index (κ3) is 3.74. The van der Waals surface area contributed by atoms with Gasteiger partial charge in [0.2, 0.25) is 12.3 Å². The van der Waals surface area contributed by atoms with Crippen molar-refractivity contribution in [1.29, 1.82) is 0 Å². The molecule has 0 bridgehead atoms. The summed E-state index contributed by atoms with van der Waals surface area (Å²) in [6.45, 7) is 2.33. The molecule has 1 atom stereocenters. The van der Waals surface area contributed by atoms with E-state index in [-0.39, 0.29) is 6.10 Å². The highest BCUT2D eigenvalue weighted by Gasteiger charge is 2.03. The Balaban J connectivity index is 2.47. The van der Waals surface area contributed by atoms with Gasteiger partial charge in [-0.1, -0.05) is 6.07 Å². The first-order valence-corrected chi connectivity index (χ1v) is 4.98. The van der Waals surface area contributed by atoms with Crippen LogP contribution in [0.25, 0.3) is 0 Å². The van der Waals surface area contributed by atoms with Crippen LogP contribution in [0.15, 0.2) is 22.8 Å². The predicted octanol–water partition coefficient (Wildman–Crippen LogP) is 1.36. The highest BCUT2D eigenvalue weighted by molar-refractivity contribution is 9.10. The van der Waals surface area contributed by atoms with E-state index in [1.54, 1.807) is 6.07 Å². The molecule has 0 spiro atoms. The van der Waals surface area contributed by atoms with Crippen LogP contribution in [0.4, 0.5) is 0 Å². The second kappa shape index (κ2) is 5.59. The first-order valence-electron chi connectivity index (χ1n) is 4.18. The highest BCUT2D eigenvalue weighted by atomic mass is 79.9. The molecule has 5 heteroatoms. The van der Waals surface area contributed by atoms with Gasteiger partial charge in [-0.05, 0) is 28.9 Å². The van der Waals surface area contributed by atoms with Crippen LogP contribution in [0, 0.1) is 0 Å². The number of pyridine rings is 1. The summed E-state index contributed by atoms with van der Waals surface area (Å²) in [6, 6.07) is 5.43. The van der Waals surface area contributed by atoms with E-state index < -0.39 is 0 Å². The zero-order valence-electron chi connectivity index (χ0n) is 7.74. The van der Waals surface area contributed by atoms with Gasteiger partial charge in [0.1, 0.15) is 10.7 Å². The van der Waals surface area contributed by atoms with Gasteiger partial charge in [0.05, 0.1) is 6.54 Å². The molecule has 0 aliphatic carbocycles. The van der Waals surface area contributed by atoms with Gasteiger partial charge < -0.3 is 10.1 Å². The number of halogens is 1. The van der Waals surface area contributed by atoms with Crippen molar-refractivity contribution >= 4 is 22.3 Å². The molecule has 0 saturated heterocycles. The van der Waals surface area contributed by atoms with Gasteiger partial charge in [0, 0.05) is 6.07 Å². The molecule has 1 rings (SSSR count). The summed E-state index contributed by atoms with van der Waals surface area (Å²) >= 11 is 3.24. The van der Waals surface area contributed by atoms with Crippen molar-refractivity contribution in [2.24, 2.45) is 0 Å². The molecular formula is C9H11BrN2O2. The Morgan fingerprint density at radius 2 is 2.50 bits per heavy atom. The lowest BCUT2D eigenvalue weighted by Gasteiger charge is -2.12. The van der Waals surface area contributed by atoms with E-state index in [2.05, 4.69) is 26.2 Å². The van der Waals surface area contributed by atoms with Crippen molar-refractivity contribution in [2.75, 3.05) is 6.54 Å². The average molecular weight is 259 g/mol. The predicted molar refractivity (Wildman–Crippen MR) is 56.1 cm³/mol. The molecule has 76 valence electrons. The number of hydrogen-bond acceptors (Lipinski definition) is 3. The number of nitrogens with zero attached hydrogens (tertiary/aromatic N) is 1. The maximum Gasteiger partial charge on any atom is 0.214 e. The zero-order valence-corrected chi connectivity index (χ0v) is 9.32. The fourth-order valence-corrected chi connectivity index (χ4v) is 1.24. The Hall–Kier alpha value is -1.10. The van der Waals surface area contributed by atoms with Crippen molar-refractivity contribution < 1.29 is 9.53 Å². The lowest BCUT2D eigenvalue weighted by atomic mass is 10.4. The van der Waals surface area contributed by atoms with Crippen molar-refractivity contribution in [2.45, 2.75) is 13.0 Å². The van der Waals surface area contributed by atoms with Crippen LogP contribution in [-0.2, 0) is 4.79 Å². The van der Waals surface area contributed by atoms with Crippen molar-refractivity contribution in [3.63, 3.8) is 0 Å². The smallest absolute Gasteiger partial charge is 0.214 e. The normalized spacial score (nSPS) is 11.9. The van der Waals surface area contributed by atoms with Crippen LogP contribution in [-0.4, -0.2) is 24.0 Å². The van der Waals surface area contributed by atoms with Crippen molar-refractivity contribution in [3.05, 3.63) is 22.8 Å². The summed E-state index contributed by atoms with van der Waals surface area (Å²) < 4.78 is 6.16. The molecule has 0 aromatic carbocycles. The van der Waals surface area contributed by atoms with E-state index in [1.807, 2.05) is 19.1 Å². The number of carbonyl (C=O) groups is 1. The zero-order chi connectivity index (χ0) is 10.4. The molecule has 1 aromatic heterocycles. The van der Waals surface area contributed by atoms with Gasteiger partial charge in [-0.15, -0.1) is 0 Å². The summed E-state index contributed by atoms with van der Waals surface area (Å²) in [5, 5.41) is 2.54. The lowest BCUT2D eigenvalue weighted by molar-refractivity contribution is -0.109. The molecule has 1 amide bonds. The highest BCUT2D eigenvalue weighted by Crippen LogP contribution is 2.13. The fourth-order valence-electron chi connectivity index (χ4n) is 0.917. The van der Waals surface area contributed by atoms with Crippen LogP contribution in [0.2, 0.25) is 0 Å². The molecule has 1 heterocycles. The molecule has 0 radical (unpaired) electrons. The Labute approximate surface area is 90.8 Å². The molecule has 0 aliphatic heterocycles. The van der Waals surface area contributed by atoms with Crippen LogP contribution in [0.1, 0.15) is 6.92 Å². The summed E-state index contributed by atoms with van der Waals surface area (Å²) in [5.41, 5.74) is 0. The number of amides is 1. The minimum Gasteiger partial charge on any atom is -0.473 e. The summed E-state index contributed by atoms with van der Waals surface area (Å²) in [4.78, 5) is 14.1. The largest absolute Gasteiger partial charge is 0.473 e. The molecular weight excluding hydrogens is 248 g/mol. The van der Waals surface area contributed by atoms with E-state index in [9.17, 15) is 4.79 Å². The van der Waals surface area contributed by atoms with E-state index in [1.165, 1.54) is 0 Å². The summed E-state index contributed by atoms with van der Waals surface area (Å²) in [6.07, 6.45) is 0.552. The molecule has 1 aromatic rings. The lowest BCUT2D eigenvalue weighted by Crippen LogP contribution is -2.28. The maximum absolute atomic E-state index is 10.0. The number of ether oxygens (including phenoxy) is 1. The molecule has 4 nitrogen and oxygen atoms in total. The quantitative estimate of drug-likeness (QED) is 0.641. The van der Waals surface area contributed by atoms with Crippen molar-refractivity contribution in [3.8, 4) is 5.88 Å². The topological polar surface area (TPSA) is 51.2 Å². The second-order valence-electron chi connectivity index (χ2n) is 2.75. The summed E-state index contributed by atoms with van der Waals surface area (Å²) in [5.74, 6) is 0.541. The van der Waals surface area contributed by atoms with Crippen LogP contribution < -0.4 is 10.1 Å². The van der Waals surface area contributed by atoms with Gasteiger partial charge in [-0.3, -0.25) is 4.79 Å². The number of nitrogens with one attached hydrogen (secondary N) is 1. The second-order valence-corrected chi connectivity index (χ2v) is 3.57. The third-order valence-corrected chi connectivity index (χ3v) is 1.94.